The van der Waals surface area contributed by atoms with Crippen molar-refractivity contribution in [3.8, 4) is 0 Å². The normalized spacial score (nSPS) is 21.2. The molecule has 1 aromatic rings. The van der Waals surface area contributed by atoms with Crippen molar-refractivity contribution in [1.29, 1.82) is 0 Å². The van der Waals surface area contributed by atoms with Crippen molar-refractivity contribution in [2.45, 2.75) is 69.9 Å². The second kappa shape index (κ2) is 11.7. The number of rotatable bonds is 6. The zero-order valence-corrected chi connectivity index (χ0v) is 17.6. The second-order valence-corrected chi connectivity index (χ2v) is 8.37. The molecular formula is C20H32ClN3O2S. The molecule has 152 valence electrons. The molecule has 5 nitrogen and oxygen atoms in total. The van der Waals surface area contributed by atoms with Crippen molar-refractivity contribution in [3.05, 3.63) is 22.4 Å². The van der Waals surface area contributed by atoms with Crippen LogP contribution in [0.2, 0.25) is 0 Å². The summed E-state index contributed by atoms with van der Waals surface area (Å²) in [6.07, 6.45) is 10.6. The van der Waals surface area contributed by atoms with Crippen LogP contribution >= 0.6 is 23.7 Å². The largest absolute Gasteiger partial charge is 0.353 e. The van der Waals surface area contributed by atoms with E-state index < -0.39 is 0 Å². The van der Waals surface area contributed by atoms with Crippen LogP contribution in [0, 0.1) is 0 Å². The van der Waals surface area contributed by atoms with Crippen molar-refractivity contribution >= 4 is 35.6 Å². The minimum atomic E-state index is -0.323. The summed E-state index contributed by atoms with van der Waals surface area (Å²) in [6, 6.07) is 4.00. The molecule has 1 saturated carbocycles. The van der Waals surface area contributed by atoms with Gasteiger partial charge in [-0.3, -0.25) is 9.59 Å². The first-order valence-corrected chi connectivity index (χ1v) is 11.0. The van der Waals surface area contributed by atoms with Crippen molar-refractivity contribution < 1.29 is 9.59 Å². The molecule has 2 amide bonds. The van der Waals surface area contributed by atoms with E-state index in [9.17, 15) is 9.59 Å². The third-order valence-corrected chi connectivity index (χ3v) is 6.37. The Kier molecular flexibility index (Phi) is 9.59. The van der Waals surface area contributed by atoms with Crippen molar-refractivity contribution in [3.63, 3.8) is 0 Å². The van der Waals surface area contributed by atoms with Crippen molar-refractivity contribution in [1.82, 2.24) is 15.5 Å². The van der Waals surface area contributed by atoms with Gasteiger partial charge in [0.2, 0.25) is 5.91 Å². The minimum Gasteiger partial charge on any atom is -0.353 e. The Morgan fingerprint density at radius 1 is 1.04 bits per heavy atom. The molecule has 2 aliphatic rings. The molecule has 2 heterocycles. The fourth-order valence-electron chi connectivity index (χ4n) is 4.05. The van der Waals surface area contributed by atoms with Gasteiger partial charge in [-0.1, -0.05) is 31.7 Å². The number of hydrogen-bond donors (Lipinski definition) is 2. The summed E-state index contributed by atoms with van der Waals surface area (Å²) in [7, 11) is 0. The van der Waals surface area contributed by atoms with Crippen LogP contribution in [0.25, 0.3) is 0 Å². The van der Waals surface area contributed by atoms with Gasteiger partial charge in [0.25, 0.3) is 5.91 Å². The van der Waals surface area contributed by atoms with E-state index in [1.807, 2.05) is 17.5 Å². The molecule has 3 rings (SSSR count). The first-order chi connectivity index (χ1) is 12.8. The maximum absolute atomic E-state index is 12.7. The SMILES string of the molecule is Cl.O=C(NCCNC1CCCCCC1)C1CCCCN1C(=O)c1cccs1. The highest BCUT2D eigenvalue weighted by atomic mass is 35.5. The summed E-state index contributed by atoms with van der Waals surface area (Å²) < 4.78 is 0. The van der Waals surface area contributed by atoms with E-state index in [-0.39, 0.29) is 30.3 Å². The van der Waals surface area contributed by atoms with Gasteiger partial charge in [-0.15, -0.1) is 23.7 Å². The van der Waals surface area contributed by atoms with Crippen LogP contribution in [0.3, 0.4) is 0 Å². The molecule has 0 bridgehead atoms. The Balaban J connectivity index is 0.00000261. The average Bonchev–Trinajstić information content (AvgIpc) is 3.09. The molecule has 2 fully saturated rings. The van der Waals surface area contributed by atoms with Crippen molar-refractivity contribution in [2.24, 2.45) is 0 Å². The lowest BCUT2D eigenvalue weighted by Gasteiger charge is -2.34. The molecule has 1 aromatic heterocycles. The van der Waals surface area contributed by atoms with Crippen LogP contribution in [0.4, 0.5) is 0 Å². The number of likely N-dealkylation sites (tertiary alicyclic amines) is 1. The third-order valence-electron chi connectivity index (χ3n) is 5.51. The Labute approximate surface area is 172 Å². The Bertz CT molecular complexity index is 574. The van der Waals surface area contributed by atoms with Gasteiger partial charge >= 0.3 is 0 Å². The van der Waals surface area contributed by atoms with E-state index in [1.165, 1.54) is 49.9 Å². The predicted molar refractivity (Wildman–Crippen MR) is 113 cm³/mol. The van der Waals surface area contributed by atoms with Crippen LogP contribution in [-0.2, 0) is 4.79 Å². The van der Waals surface area contributed by atoms with E-state index in [0.29, 0.717) is 19.1 Å². The molecule has 1 unspecified atom stereocenters. The molecule has 27 heavy (non-hydrogen) atoms. The molecule has 0 radical (unpaired) electrons. The Hall–Kier alpha value is -1.11. The monoisotopic (exact) mass is 413 g/mol. The molecule has 0 spiro atoms. The summed E-state index contributed by atoms with van der Waals surface area (Å²) in [5.74, 6) is -0.00583. The maximum atomic E-state index is 12.7. The van der Waals surface area contributed by atoms with Gasteiger partial charge in [-0.25, -0.2) is 0 Å². The predicted octanol–water partition coefficient (Wildman–Crippen LogP) is 3.59. The third kappa shape index (κ3) is 6.47. The van der Waals surface area contributed by atoms with Crippen LogP contribution in [0.15, 0.2) is 17.5 Å². The number of halogens is 1. The molecule has 1 aliphatic carbocycles. The lowest BCUT2D eigenvalue weighted by Crippen LogP contribution is -2.52. The summed E-state index contributed by atoms with van der Waals surface area (Å²) in [6.45, 7) is 2.12. The number of nitrogens with one attached hydrogen (secondary N) is 2. The smallest absolute Gasteiger partial charge is 0.264 e. The van der Waals surface area contributed by atoms with E-state index in [2.05, 4.69) is 10.6 Å². The second-order valence-electron chi connectivity index (χ2n) is 7.42. The summed E-state index contributed by atoms with van der Waals surface area (Å²) in [5, 5.41) is 8.54. The lowest BCUT2D eigenvalue weighted by atomic mass is 10.0. The summed E-state index contributed by atoms with van der Waals surface area (Å²) in [5.41, 5.74) is 0. The molecule has 0 aromatic carbocycles. The minimum absolute atomic E-state index is 0. The summed E-state index contributed by atoms with van der Waals surface area (Å²) >= 11 is 1.44. The zero-order chi connectivity index (χ0) is 18.2. The highest BCUT2D eigenvalue weighted by molar-refractivity contribution is 7.12. The van der Waals surface area contributed by atoms with Crippen LogP contribution in [0.1, 0.15) is 67.5 Å². The number of amides is 2. The Morgan fingerprint density at radius 3 is 2.48 bits per heavy atom. The quantitative estimate of drug-likeness (QED) is 0.553. The molecule has 7 heteroatoms. The first-order valence-electron chi connectivity index (χ1n) is 10.1. The fourth-order valence-corrected chi connectivity index (χ4v) is 4.73. The summed E-state index contributed by atoms with van der Waals surface area (Å²) in [4.78, 5) is 27.8. The van der Waals surface area contributed by atoms with Crippen LogP contribution < -0.4 is 10.6 Å². The van der Waals surface area contributed by atoms with Gasteiger partial charge in [-0.05, 0) is 43.6 Å². The van der Waals surface area contributed by atoms with E-state index in [0.717, 1.165) is 30.7 Å². The highest BCUT2D eigenvalue weighted by Gasteiger charge is 2.32. The van der Waals surface area contributed by atoms with E-state index in [1.54, 1.807) is 4.90 Å². The van der Waals surface area contributed by atoms with E-state index >= 15 is 0 Å². The van der Waals surface area contributed by atoms with Crippen molar-refractivity contribution in [2.75, 3.05) is 19.6 Å². The van der Waals surface area contributed by atoms with Gasteiger partial charge in [0.15, 0.2) is 0 Å². The fraction of sp³-hybridized carbons (Fsp3) is 0.700. The Morgan fingerprint density at radius 2 is 1.78 bits per heavy atom. The topological polar surface area (TPSA) is 61.4 Å². The van der Waals surface area contributed by atoms with Gasteiger partial charge in [0, 0.05) is 25.7 Å². The van der Waals surface area contributed by atoms with Gasteiger partial charge in [0.05, 0.1) is 4.88 Å². The number of piperidine rings is 1. The number of hydrogen-bond acceptors (Lipinski definition) is 4. The lowest BCUT2D eigenvalue weighted by molar-refractivity contribution is -0.126. The highest BCUT2D eigenvalue weighted by Crippen LogP contribution is 2.22. The molecule has 1 saturated heterocycles. The average molecular weight is 414 g/mol. The maximum Gasteiger partial charge on any atom is 0.264 e. The van der Waals surface area contributed by atoms with Crippen LogP contribution in [-0.4, -0.2) is 48.4 Å². The molecule has 1 atom stereocenters. The zero-order valence-electron chi connectivity index (χ0n) is 16.0. The van der Waals surface area contributed by atoms with Gasteiger partial charge in [0.1, 0.15) is 6.04 Å². The number of carbonyl (C=O) groups excluding carboxylic acids is 2. The number of nitrogens with zero attached hydrogens (tertiary/aromatic N) is 1. The van der Waals surface area contributed by atoms with Gasteiger partial charge < -0.3 is 15.5 Å². The number of thiophene rings is 1. The number of carbonyl (C=O) groups is 2. The molecule has 1 aliphatic heterocycles. The first kappa shape index (κ1) is 22.2. The van der Waals surface area contributed by atoms with Crippen LogP contribution in [0.5, 0.6) is 0 Å². The van der Waals surface area contributed by atoms with E-state index in [4.69, 9.17) is 0 Å². The van der Waals surface area contributed by atoms with Gasteiger partial charge in [-0.2, -0.15) is 0 Å². The molecular weight excluding hydrogens is 382 g/mol. The molecule has 2 N–H and O–H groups in total. The standard InChI is InChI=1S/C20H31N3O2S.ClH/c24-19(22-13-12-21-16-8-3-1-2-4-9-16)17-10-5-6-14-23(17)20(25)18-11-7-15-26-18;/h7,11,15-17,21H,1-6,8-10,12-14H2,(H,22,24);1H.